The number of Topliss-reactive ketones (excluding diaryl/α,β-unsaturated/α-hetero) is 1. The Hall–Kier alpha value is -0.410. The molecule has 2 saturated heterocycles. The van der Waals surface area contributed by atoms with Crippen molar-refractivity contribution in [3.05, 3.63) is 0 Å². The largest absolute Gasteiger partial charge is 0.298 e. The summed E-state index contributed by atoms with van der Waals surface area (Å²) in [6, 6.07) is 1.26. The number of nitrogens with zero attached hydrogens (tertiary/aromatic N) is 2. The highest BCUT2D eigenvalue weighted by Gasteiger charge is 2.33. The van der Waals surface area contributed by atoms with Crippen LogP contribution in [-0.4, -0.2) is 53.8 Å². The number of fused-ring (bicyclic) bond motifs is 1. The standard InChI is InChI=1S/C14H26N2O/c1-3-6-14(17)11-16-10-13-7-4-5-8-15(13)9-12(16)2/h12-13H,3-11H2,1-2H3. The minimum Gasteiger partial charge on any atom is -0.298 e. The zero-order valence-corrected chi connectivity index (χ0v) is 11.3. The first-order chi connectivity index (χ1) is 8.20. The van der Waals surface area contributed by atoms with Gasteiger partial charge in [-0.2, -0.15) is 0 Å². The summed E-state index contributed by atoms with van der Waals surface area (Å²) in [7, 11) is 0. The molecule has 2 aliphatic heterocycles. The molecule has 0 aromatic heterocycles. The molecule has 2 aliphatic rings. The smallest absolute Gasteiger partial charge is 0.146 e. The van der Waals surface area contributed by atoms with Crippen molar-refractivity contribution in [2.24, 2.45) is 0 Å². The molecular weight excluding hydrogens is 212 g/mol. The molecule has 0 saturated carbocycles. The molecule has 2 unspecified atom stereocenters. The monoisotopic (exact) mass is 238 g/mol. The third-order valence-corrected chi connectivity index (χ3v) is 4.22. The molecule has 2 heterocycles. The van der Waals surface area contributed by atoms with Gasteiger partial charge in [0.1, 0.15) is 5.78 Å². The van der Waals surface area contributed by atoms with Gasteiger partial charge in [0, 0.05) is 31.6 Å². The molecule has 3 heteroatoms. The van der Waals surface area contributed by atoms with Gasteiger partial charge < -0.3 is 0 Å². The molecule has 0 bridgehead atoms. The lowest BCUT2D eigenvalue weighted by atomic mass is 9.97. The van der Waals surface area contributed by atoms with E-state index in [9.17, 15) is 4.79 Å². The maximum Gasteiger partial charge on any atom is 0.146 e. The van der Waals surface area contributed by atoms with Crippen molar-refractivity contribution in [1.29, 1.82) is 0 Å². The molecule has 3 nitrogen and oxygen atoms in total. The molecule has 2 atom stereocenters. The van der Waals surface area contributed by atoms with Gasteiger partial charge in [-0.15, -0.1) is 0 Å². The molecule has 2 rings (SSSR count). The summed E-state index contributed by atoms with van der Waals surface area (Å²) in [6.45, 7) is 8.57. The van der Waals surface area contributed by atoms with Crippen LogP contribution in [0.2, 0.25) is 0 Å². The van der Waals surface area contributed by atoms with Crippen LogP contribution in [0.1, 0.15) is 46.0 Å². The summed E-state index contributed by atoms with van der Waals surface area (Å²) in [6.07, 6.45) is 5.78. The Bertz CT molecular complexity index is 267. The zero-order valence-electron chi connectivity index (χ0n) is 11.3. The van der Waals surface area contributed by atoms with Crippen molar-refractivity contribution < 1.29 is 4.79 Å². The predicted molar refractivity (Wildman–Crippen MR) is 70.2 cm³/mol. The molecule has 17 heavy (non-hydrogen) atoms. The molecule has 0 amide bonds. The van der Waals surface area contributed by atoms with E-state index >= 15 is 0 Å². The van der Waals surface area contributed by atoms with E-state index < -0.39 is 0 Å². The van der Waals surface area contributed by atoms with Gasteiger partial charge in [0.2, 0.25) is 0 Å². The van der Waals surface area contributed by atoms with Gasteiger partial charge in [0.15, 0.2) is 0 Å². The molecule has 0 aromatic carbocycles. The van der Waals surface area contributed by atoms with E-state index in [4.69, 9.17) is 0 Å². The highest BCUT2D eigenvalue weighted by Crippen LogP contribution is 2.23. The van der Waals surface area contributed by atoms with Crippen LogP contribution in [0.5, 0.6) is 0 Å². The molecule has 0 aromatic rings. The lowest BCUT2D eigenvalue weighted by Gasteiger charge is -2.47. The molecule has 98 valence electrons. The zero-order chi connectivity index (χ0) is 12.3. The second kappa shape index (κ2) is 5.96. The van der Waals surface area contributed by atoms with Gasteiger partial charge in [-0.05, 0) is 32.7 Å². The fraction of sp³-hybridized carbons (Fsp3) is 0.929. The second-order valence-electron chi connectivity index (χ2n) is 5.71. The number of hydrogen-bond donors (Lipinski definition) is 0. The molecule has 2 fully saturated rings. The van der Waals surface area contributed by atoms with Gasteiger partial charge >= 0.3 is 0 Å². The molecule has 0 spiro atoms. The van der Waals surface area contributed by atoms with Crippen molar-refractivity contribution >= 4 is 5.78 Å². The van der Waals surface area contributed by atoms with Crippen molar-refractivity contribution in [1.82, 2.24) is 9.80 Å². The first-order valence-corrected chi connectivity index (χ1v) is 7.20. The normalized spacial score (nSPS) is 31.2. The van der Waals surface area contributed by atoms with Crippen molar-refractivity contribution in [3.8, 4) is 0 Å². The average Bonchev–Trinajstić information content (AvgIpc) is 2.30. The van der Waals surface area contributed by atoms with Crippen LogP contribution < -0.4 is 0 Å². The third-order valence-electron chi connectivity index (χ3n) is 4.22. The number of piperazine rings is 1. The lowest BCUT2D eigenvalue weighted by Crippen LogP contribution is -2.59. The third kappa shape index (κ3) is 3.29. The van der Waals surface area contributed by atoms with Crippen molar-refractivity contribution in [3.63, 3.8) is 0 Å². The van der Waals surface area contributed by atoms with Crippen molar-refractivity contribution in [2.75, 3.05) is 26.2 Å². The van der Waals surface area contributed by atoms with E-state index in [0.717, 1.165) is 32.0 Å². The van der Waals surface area contributed by atoms with Crippen LogP contribution in [0, 0.1) is 0 Å². The summed E-state index contributed by atoms with van der Waals surface area (Å²) < 4.78 is 0. The van der Waals surface area contributed by atoms with Crippen LogP contribution in [0.25, 0.3) is 0 Å². The molecule has 0 N–H and O–H groups in total. The molecule has 0 aliphatic carbocycles. The van der Waals surface area contributed by atoms with Gasteiger partial charge in [-0.1, -0.05) is 13.3 Å². The van der Waals surface area contributed by atoms with Gasteiger partial charge in [-0.3, -0.25) is 14.6 Å². The molecular formula is C14H26N2O. The number of piperidine rings is 1. The number of ketones is 1. The molecule has 0 radical (unpaired) electrons. The lowest BCUT2D eigenvalue weighted by molar-refractivity contribution is -0.122. The first kappa shape index (κ1) is 13.0. The van der Waals surface area contributed by atoms with E-state index in [-0.39, 0.29) is 0 Å². The SMILES string of the molecule is CCCC(=O)CN1CC2CCCCN2CC1C. The number of hydrogen-bond acceptors (Lipinski definition) is 3. The van der Waals surface area contributed by atoms with E-state index in [1.165, 1.54) is 25.8 Å². The Kier molecular flexibility index (Phi) is 4.57. The van der Waals surface area contributed by atoms with Crippen LogP contribution in [-0.2, 0) is 4.79 Å². The van der Waals surface area contributed by atoms with Gasteiger partial charge in [0.05, 0.1) is 6.54 Å². The summed E-state index contributed by atoms with van der Waals surface area (Å²) in [5, 5.41) is 0. The van der Waals surface area contributed by atoms with Gasteiger partial charge in [-0.25, -0.2) is 0 Å². The minimum atomic E-state index is 0.420. The summed E-state index contributed by atoms with van der Waals surface area (Å²) in [5.74, 6) is 0.420. The summed E-state index contributed by atoms with van der Waals surface area (Å²) >= 11 is 0. The first-order valence-electron chi connectivity index (χ1n) is 7.20. The van der Waals surface area contributed by atoms with E-state index in [1.54, 1.807) is 0 Å². The average molecular weight is 238 g/mol. The summed E-state index contributed by atoms with van der Waals surface area (Å²) in [5.41, 5.74) is 0. The van der Waals surface area contributed by atoms with E-state index in [0.29, 0.717) is 18.4 Å². The predicted octanol–water partition coefficient (Wildman–Crippen LogP) is 1.91. The Morgan fingerprint density at radius 3 is 2.88 bits per heavy atom. The van der Waals surface area contributed by atoms with Crippen LogP contribution in [0.15, 0.2) is 0 Å². The maximum absolute atomic E-state index is 11.8. The van der Waals surface area contributed by atoms with Crippen LogP contribution in [0.4, 0.5) is 0 Å². The number of rotatable bonds is 4. The van der Waals surface area contributed by atoms with Crippen LogP contribution >= 0.6 is 0 Å². The van der Waals surface area contributed by atoms with E-state index in [1.807, 2.05) is 0 Å². The highest BCUT2D eigenvalue weighted by molar-refractivity contribution is 5.80. The topological polar surface area (TPSA) is 23.6 Å². The Morgan fingerprint density at radius 1 is 1.29 bits per heavy atom. The van der Waals surface area contributed by atoms with Gasteiger partial charge in [0.25, 0.3) is 0 Å². The Morgan fingerprint density at radius 2 is 2.12 bits per heavy atom. The Balaban J connectivity index is 1.88. The Labute approximate surface area is 105 Å². The second-order valence-corrected chi connectivity index (χ2v) is 5.71. The maximum atomic E-state index is 11.8. The van der Waals surface area contributed by atoms with Crippen LogP contribution in [0.3, 0.4) is 0 Å². The van der Waals surface area contributed by atoms with E-state index in [2.05, 4.69) is 23.6 Å². The highest BCUT2D eigenvalue weighted by atomic mass is 16.1. The summed E-state index contributed by atoms with van der Waals surface area (Å²) in [4.78, 5) is 16.8. The number of carbonyl (C=O) groups excluding carboxylic acids is 1. The number of carbonyl (C=O) groups is 1. The van der Waals surface area contributed by atoms with Crippen molar-refractivity contribution in [2.45, 2.75) is 58.0 Å². The minimum absolute atomic E-state index is 0.420. The fourth-order valence-electron chi connectivity index (χ4n) is 3.22. The quantitative estimate of drug-likeness (QED) is 0.747. The fourth-order valence-corrected chi connectivity index (χ4v) is 3.22.